The Morgan fingerprint density at radius 1 is 0.632 bits per heavy atom. The van der Waals surface area contributed by atoms with Crippen molar-refractivity contribution in [2.45, 2.75) is 0 Å². The summed E-state index contributed by atoms with van der Waals surface area (Å²) in [6, 6.07) is 9.95. The van der Waals surface area contributed by atoms with Gasteiger partial charge in [-0.2, -0.15) is 0 Å². The minimum Gasteiger partial charge on any atom is -0.461 e. The fourth-order valence-electron chi connectivity index (χ4n) is 1.35. The van der Waals surface area contributed by atoms with Gasteiger partial charge in [-0.1, -0.05) is 0 Å². The first-order valence-corrected chi connectivity index (χ1v) is 5.50. The lowest BCUT2D eigenvalue weighted by molar-refractivity contribution is 0.223. The van der Waals surface area contributed by atoms with E-state index >= 15 is 0 Å². The highest BCUT2D eigenvalue weighted by molar-refractivity contribution is 6.39. The highest BCUT2D eigenvalue weighted by Crippen LogP contribution is 2.18. The van der Waals surface area contributed by atoms with E-state index in [4.69, 9.17) is 27.2 Å². The molecule has 0 saturated carbocycles. The molecule has 3 rings (SSSR count). The van der Waals surface area contributed by atoms with Crippen LogP contribution in [0.2, 0.25) is 0 Å². The molecule has 0 spiro atoms. The van der Waals surface area contributed by atoms with Gasteiger partial charge in [0.1, 0.15) is 0 Å². The molecule has 0 amide bonds. The first-order valence-electron chi connectivity index (χ1n) is 5.50. The van der Waals surface area contributed by atoms with Crippen LogP contribution in [-0.2, 0) is 0 Å². The molecule has 0 radical (unpaired) electrons. The SMILES string of the molecule is c1coc(OB(Oc2ccco2)Oc2ccco2)c1. The minimum absolute atomic E-state index is 0.253. The predicted octanol–water partition coefficient (Wildman–Crippen LogP) is 2.99. The zero-order valence-electron chi connectivity index (χ0n) is 9.72. The van der Waals surface area contributed by atoms with E-state index < -0.39 is 7.32 Å². The van der Waals surface area contributed by atoms with Gasteiger partial charge >= 0.3 is 7.32 Å². The van der Waals surface area contributed by atoms with Crippen LogP contribution in [0.3, 0.4) is 0 Å². The molecule has 6 nitrogen and oxygen atoms in total. The Hall–Kier alpha value is -2.70. The van der Waals surface area contributed by atoms with Gasteiger partial charge < -0.3 is 27.2 Å². The van der Waals surface area contributed by atoms with E-state index in [0.29, 0.717) is 0 Å². The van der Waals surface area contributed by atoms with E-state index in [1.54, 1.807) is 36.4 Å². The Bertz CT molecular complexity index is 486. The molecule has 0 atom stereocenters. The van der Waals surface area contributed by atoms with Gasteiger partial charge in [0.2, 0.25) is 0 Å². The van der Waals surface area contributed by atoms with E-state index in [1.165, 1.54) is 18.8 Å². The van der Waals surface area contributed by atoms with Gasteiger partial charge in [0.25, 0.3) is 17.8 Å². The molecule has 96 valence electrons. The predicted molar refractivity (Wildman–Crippen MR) is 63.8 cm³/mol. The maximum absolute atomic E-state index is 5.37. The fourth-order valence-corrected chi connectivity index (χ4v) is 1.35. The van der Waals surface area contributed by atoms with Crippen molar-refractivity contribution in [2.75, 3.05) is 0 Å². The molecule has 0 aromatic carbocycles. The van der Waals surface area contributed by atoms with Crippen LogP contribution in [0.25, 0.3) is 0 Å². The van der Waals surface area contributed by atoms with Crippen LogP contribution in [0, 0.1) is 0 Å². The molecule has 0 aliphatic rings. The third-order valence-electron chi connectivity index (χ3n) is 2.12. The van der Waals surface area contributed by atoms with E-state index in [1.807, 2.05) is 0 Å². The summed E-state index contributed by atoms with van der Waals surface area (Å²) in [4.78, 5) is 0. The van der Waals surface area contributed by atoms with E-state index in [0.717, 1.165) is 0 Å². The average Bonchev–Trinajstić information content (AvgIpc) is 3.10. The third kappa shape index (κ3) is 2.95. The van der Waals surface area contributed by atoms with Gasteiger partial charge in [0.05, 0.1) is 18.8 Å². The van der Waals surface area contributed by atoms with E-state index in [9.17, 15) is 0 Å². The number of furan rings is 3. The minimum atomic E-state index is -1.09. The molecular formula is C12H9BO6. The van der Waals surface area contributed by atoms with Crippen LogP contribution in [-0.4, -0.2) is 7.32 Å². The van der Waals surface area contributed by atoms with Crippen LogP contribution >= 0.6 is 0 Å². The Morgan fingerprint density at radius 2 is 1.00 bits per heavy atom. The molecule has 0 unspecified atom stereocenters. The molecule has 0 fully saturated rings. The first-order chi connectivity index (χ1) is 9.40. The van der Waals surface area contributed by atoms with Crippen LogP contribution in [0.4, 0.5) is 0 Å². The van der Waals surface area contributed by atoms with Gasteiger partial charge in [-0.3, -0.25) is 0 Å². The Kier molecular flexibility index (Phi) is 3.18. The van der Waals surface area contributed by atoms with E-state index in [-0.39, 0.29) is 17.8 Å². The molecule has 7 heteroatoms. The molecule has 3 heterocycles. The number of rotatable bonds is 6. The topological polar surface area (TPSA) is 67.1 Å². The van der Waals surface area contributed by atoms with Gasteiger partial charge in [-0.25, -0.2) is 0 Å². The second-order valence-electron chi connectivity index (χ2n) is 3.44. The Labute approximate surface area is 108 Å². The molecule has 0 bridgehead atoms. The molecule has 0 aliphatic heterocycles. The summed E-state index contributed by atoms with van der Waals surface area (Å²) in [5.74, 6) is 0.759. The van der Waals surface area contributed by atoms with Gasteiger partial charge in [0, 0.05) is 18.2 Å². The quantitative estimate of drug-likeness (QED) is 0.634. The van der Waals surface area contributed by atoms with Crippen molar-refractivity contribution in [3.63, 3.8) is 0 Å². The van der Waals surface area contributed by atoms with Gasteiger partial charge in [-0.05, 0) is 18.2 Å². The molecule has 0 saturated heterocycles. The second kappa shape index (κ2) is 5.30. The maximum atomic E-state index is 5.37. The number of hydrogen-bond acceptors (Lipinski definition) is 6. The van der Waals surface area contributed by atoms with Crippen molar-refractivity contribution in [3.8, 4) is 17.8 Å². The normalized spacial score (nSPS) is 10.1. The standard InChI is InChI=1S/C12H9BO6/c1-4-10(14-7-1)17-13(18-11-5-2-8-15-11)19-12-6-3-9-16-12/h1-9H. The highest BCUT2D eigenvalue weighted by atomic mass is 16.8. The zero-order chi connectivity index (χ0) is 12.9. The summed E-state index contributed by atoms with van der Waals surface area (Å²) < 4.78 is 31.3. The summed E-state index contributed by atoms with van der Waals surface area (Å²) in [6.45, 7) is 0. The summed E-state index contributed by atoms with van der Waals surface area (Å²) in [5, 5.41) is 0. The van der Waals surface area contributed by atoms with Crippen molar-refractivity contribution >= 4 is 7.32 Å². The maximum Gasteiger partial charge on any atom is 0.870 e. The van der Waals surface area contributed by atoms with Gasteiger partial charge in [-0.15, -0.1) is 0 Å². The lowest BCUT2D eigenvalue weighted by atomic mass is 10.2. The lowest BCUT2D eigenvalue weighted by Gasteiger charge is -2.11. The summed E-state index contributed by atoms with van der Waals surface area (Å²) in [5.41, 5.74) is 0. The molecule has 3 aromatic rings. The van der Waals surface area contributed by atoms with Crippen LogP contribution in [0.15, 0.2) is 68.4 Å². The molecule has 19 heavy (non-hydrogen) atoms. The molecule has 3 aromatic heterocycles. The summed E-state index contributed by atoms with van der Waals surface area (Å²) in [7, 11) is -1.09. The van der Waals surface area contributed by atoms with Crippen molar-refractivity contribution in [3.05, 3.63) is 55.2 Å². The average molecular weight is 260 g/mol. The zero-order valence-corrected chi connectivity index (χ0v) is 9.72. The monoisotopic (exact) mass is 260 g/mol. The number of hydrogen-bond donors (Lipinski definition) is 0. The largest absolute Gasteiger partial charge is 0.870 e. The Morgan fingerprint density at radius 3 is 1.26 bits per heavy atom. The van der Waals surface area contributed by atoms with Crippen LogP contribution < -0.4 is 14.0 Å². The van der Waals surface area contributed by atoms with Crippen molar-refractivity contribution in [1.82, 2.24) is 0 Å². The Balaban J connectivity index is 1.70. The van der Waals surface area contributed by atoms with E-state index in [2.05, 4.69) is 0 Å². The van der Waals surface area contributed by atoms with Crippen LogP contribution in [0.5, 0.6) is 17.8 Å². The van der Waals surface area contributed by atoms with Crippen LogP contribution in [0.1, 0.15) is 0 Å². The third-order valence-corrected chi connectivity index (χ3v) is 2.12. The first kappa shape index (κ1) is 11.4. The second-order valence-corrected chi connectivity index (χ2v) is 3.44. The highest BCUT2D eigenvalue weighted by Gasteiger charge is 2.33. The molecule has 0 aliphatic carbocycles. The summed E-state index contributed by atoms with van der Waals surface area (Å²) >= 11 is 0. The molecule has 0 N–H and O–H groups in total. The fraction of sp³-hybridized carbons (Fsp3) is 0. The smallest absolute Gasteiger partial charge is 0.461 e. The van der Waals surface area contributed by atoms with Gasteiger partial charge in [0.15, 0.2) is 0 Å². The van der Waals surface area contributed by atoms with Crippen molar-refractivity contribution < 1.29 is 27.2 Å². The van der Waals surface area contributed by atoms with Crippen molar-refractivity contribution in [1.29, 1.82) is 0 Å². The molecular weight excluding hydrogens is 251 g/mol. The lowest BCUT2D eigenvalue weighted by Crippen LogP contribution is -2.36. The van der Waals surface area contributed by atoms with Crippen molar-refractivity contribution in [2.24, 2.45) is 0 Å². The summed E-state index contributed by atoms with van der Waals surface area (Å²) in [6.07, 6.45) is 4.44.